The van der Waals surface area contributed by atoms with E-state index in [1.165, 1.54) is 12.1 Å². The normalized spacial score (nSPS) is 13.3. The second kappa shape index (κ2) is 6.20. The number of hydrogen-bond acceptors (Lipinski definition) is 2. The molecule has 0 aliphatic carbocycles. The zero-order chi connectivity index (χ0) is 13.8. The third-order valence-electron chi connectivity index (χ3n) is 3.29. The van der Waals surface area contributed by atoms with E-state index in [4.69, 9.17) is 4.42 Å². The highest BCUT2D eigenvalue weighted by Crippen LogP contribution is 2.27. The van der Waals surface area contributed by atoms with Crippen molar-refractivity contribution in [2.24, 2.45) is 5.92 Å². The second-order valence-electron chi connectivity index (χ2n) is 5.62. The third kappa shape index (κ3) is 3.80. The lowest BCUT2D eigenvalue weighted by Gasteiger charge is -2.10. The van der Waals surface area contributed by atoms with E-state index in [2.05, 4.69) is 26.1 Å². The van der Waals surface area contributed by atoms with Gasteiger partial charge in [-0.25, -0.2) is 4.39 Å². The Bertz CT molecular complexity index is 533. The Morgan fingerprint density at radius 1 is 1.21 bits per heavy atom. The first-order chi connectivity index (χ1) is 9.06. The van der Waals surface area contributed by atoms with Gasteiger partial charge in [0.1, 0.15) is 17.2 Å². The van der Waals surface area contributed by atoms with Crippen LogP contribution < -0.4 is 5.32 Å². The molecule has 2 nitrogen and oxygen atoms in total. The van der Waals surface area contributed by atoms with Crippen LogP contribution in [-0.2, 0) is 0 Å². The lowest BCUT2D eigenvalue weighted by molar-refractivity contribution is 0.467. The largest absolute Gasteiger partial charge is 0.461 e. The first-order valence-corrected chi connectivity index (χ1v) is 6.96. The van der Waals surface area contributed by atoms with Crippen molar-refractivity contribution >= 4 is 11.0 Å². The fraction of sp³-hybridized carbons (Fsp3) is 0.500. The first-order valence-electron chi connectivity index (χ1n) is 6.96. The number of rotatable bonds is 6. The third-order valence-corrected chi connectivity index (χ3v) is 3.29. The van der Waals surface area contributed by atoms with Gasteiger partial charge in [0.2, 0.25) is 0 Å². The van der Waals surface area contributed by atoms with E-state index in [1.807, 2.05) is 6.07 Å². The summed E-state index contributed by atoms with van der Waals surface area (Å²) in [5, 5.41) is 4.27. The van der Waals surface area contributed by atoms with E-state index in [9.17, 15) is 4.39 Å². The Morgan fingerprint density at radius 2 is 2.00 bits per heavy atom. The molecule has 1 aromatic heterocycles. The molecule has 0 spiro atoms. The molecule has 1 unspecified atom stereocenters. The van der Waals surface area contributed by atoms with E-state index in [0.717, 1.165) is 36.2 Å². The molecule has 0 aliphatic heterocycles. The predicted molar refractivity (Wildman–Crippen MR) is 76.9 cm³/mol. The highest BCUT2D eigenvalue weighted by Gasteiger charge is 2.11. The SMILES string of the molecule is CC(C)CNCCC(C)c1cc2cc(F)ccc2o1. The van der Waals surface area contributed by atoms with Crippen molar-refractivity contribution in [1.82, 2.24) is 5.32 Å². The molecule has 1 aromatic carbocycles. The van der Waals surface area contributed by atoms with Gasteiger partial charge in [0.25, 0.3) is 0 Å². The van der Waals surface area contributed by atoms with Gasteiger partial charge in [-0.05, 0) is 49.7 Å². The highest BCUT2D eigenvalue weighted by atomic mass is 19.1. The Labute approximate surface area is 114 Å². The van der Waals surface area contributed by atoms with Crippen LogP contribution >= 0.6 is 0 Å². The van der Waals surface area contributed by atoms with E-state index in [1.54, 1.807) is 6.07 Å². The van der Waals surface area contributed by atoms with Gasteiger partial charge in [-0.2, -0.15) is 0 Å². The molecule has 104 valence electrons. The number of halogens is 1. The van der Waals surface area contributed by atoms with Crippen LogP contribution in [0.15, 0.2) is 28.7 Å². The van der Waals surface area contributed by atoms with Crippen LogP contribution in [0.4, 0.5) is 4.39 Å². The van der Waals surface area contributed by atoms with E-state index >= 15 is 0 Å². The van der Waals surface area contributed by atoms with Crippen molar-refractivity contribution in [3.63, 3.8) is 0 Å². The Hall–Kier alpha value is -1.35. The van der Waals surface area contributed by atoms with Crippen molar-refractivity contribution in [2.45, 2.75) is 33.1 Å². The van der Waals surface area contributed by atoms with Crippen LogP contribution in [0.3, 0.4) is 0 Å². The molecule has 1 atom stereocenters. The van der Waals surface area contributed by atoms with Gasteiger partial charge in [-0.3, -0.25) is 0 Å². The highest BCUT2D eigenvalue weighted by molar-refractivity contribution is 5.78. The average Bonchev–Trinajstić information content (AvgIpc) is 2.77. The van der Waals surface area contributed by atoms with Crippen molar-refractivity contribution in [3.05, 3.63) is 35.8 Å². The van der Waals surface area contributed by atoms with Gasteiger partial charge in [0.15, 0.2) is 0 Å². The summed E-state index contributed by atoms with van der Waals surface area (Å²) < 4.78 is 18.9. The minimum absolute atomic E-state index is 0.217. The van der Waals surface area contributed by atoms with Gasteiger partial charge in [-0.1, -0.05) is 20.8 Å². The Balaban J connectivity index is 1.95. The van der Waals surface area contributed by atoms with E-state index in [-0.39, 0.29) is 5.82 Å². The topological polar surface area (TPSA) is 25.2 Å². The minimum Gasteiger partial charge on any atom is -0.461 e. The molecule has 0 saturated heterocycles. The van der Waals surface area contributed by atoms with Crippen LogP contribution in [0.2, 0.25) is 0 Å². The van der Waals surface area contributed by atoms with Gasteiger partial charge in [0.05, 0.1) is 0 Å². The van der Waals surface area contributed by atoms with Crippen LogP contribution in [0, 0.1) is 11.7 Å². The van der Waals surface area contributed by atoms with Crippen molar-refractivity contribution < 1.29 is 8.81 Å². The molecular weight excluding hydrogens is 241 g/mol. The Kier molecular flexibility index (Phi) is 4.59. The quantitative estimate of drug-likeness (QED) is 0.786. The van der Waals surface area contributed by atoms with Gasteiger partial charge >= 0.3 is 0 Å². The number of hydrogen-bond donors (Lipinski definition) is 1. The lowest BCUT2D eigenvalue weighted by atomic mass is 10.0. The molecular formula is C16H22FNO. The number of benzene rings is 1. The summed E-state index contributed by atoms with van der Waals surface area (Å²) in [7, 11) is 0. The van der Waals surface area contributed by atoms with E-state index < -0.39 is 0 Å². The zero-order valence-corrected chi connectivity index (χ0v) is 11.9. The van der Waals surface area contributed by atoms with Crippen LogP contribution in [-0.4, -0.2) is 13.1 Å². The van der Waals surface area contributed by atoms with E-state index in [0.29, 0.717) is 11.8 Å². The number of furan rings is 1. The molecule has 1 N–H and O–H groups in total. The number of fused-ring (bicyclic) bond motifs is 1. The summed E-state index contributed by atoms with van der Waals surface area (Å²) in [4.78, 5) is 0. The van der Waals surface area contributed by atoms with Crippen molar-refractivity contribution in [1.29, 1.82) is 0 Å². The maximum absolute atomic E-state index is 13.1. The molecule has 0 aliphatic rings. The van der Waals surface area contributed by atoms with Gasteiger partial charge in [0, 0.05) is 11.3 Å². The first kappa shape index (κ1) is 14.1. The van der Waals surface area contributed by atoms with Gasteiger partial charge in [-0.15, -0.1) is 0 Å². The maximum Gasteiger partial charge on any atom is 0.134 e. The average molecular weight is 263 g/mol. The molecule has 0 radical (unpaired) electrons. The summed E-state index contributed by atoms with van der Waals surface area (Å²) in [6, 6.07) is 6.60. The summed E-state index contributed by atoms with van der Waals surface area (Å²) in [6.07, 6.45) is 1.02. The van der Waals surface area contributed by atoms with Crippen LogP contribution in [0.5, 0.6) is 0 Å². The second-order valence-corrected chi connectivity index (χ2v) is 5.62. The fourth-order valence-corrected chi connectivity index (χ4v) is 2.13. The standard InChI is InChI=1S/C16H22FNO/c1-11(2)10-18-7-6-12(3)16-9-13-8-14(17)4-5-15(13)19-16/h4-5,8-9,11-12,18H,6-7,10H2,1-3H3. The van der Waals surface area contributed by atoms with Crippen LogP contribution in [0.25, 0.3) is 11.0 Å². The monoisotopic (exact) mass is 263 g/mol. The summed E-state index contributed by atoms with van der Waals surface area (Å²) in [6.45, 7) is 8.56. The number of nitrogens with one attached hydrogen (secondary N) is 1. The molecule has 0 saturated carbocycles. The smallest absolute Gasteiger partial charge is 0.134 e. The predicted octanol–water partition coefficient (Wildman–Crippen LogP) is 4.31. The Morgan fingerprint density at radius 3 is 2.74 bits per heavy atom. The molecule has 3 heteroatoms. The molecule has 2 rings (SSSR count). The molecule has 0 fully saturated rings. The molecule has 2 aromatic rings. The molecule has 19 heavy (non-hydrogen) atoms. The minimum atomic E-state index is -0.217. The van der Waals surface area contributed by atoms with Gasteiger partial charge < -0.3 is 9.73 Å². The maximum atomic E-state index is 13.1. The summed E-state index contributed by atoms with van der Waals surface area (Å²) in [5.41, 5.74) is 0.762. The molecule has 0 bridgehead atoms. The zero-order valence-electron chi connectivity index (χ0n) is 11.9. The molecule has 0 amide bonds. The lowest BCUT2D eigenvalue weighted by Crippen LogP contribution is -2.21. The molecule has 1 heterocycles. The summed E-state index contributed by atoms with van der Waals surface area (Å²) >= 11 is 0. The summed E-state index contributed by atoms with van der Waals surface area (Å²) in [5.74, 6) is 1.73. The van der Waals surface area contributed by atoms with Crippen molar-refractivity contribution in [3.8, 4) is 0 Å². The van der Waals surface area contributed by atoms with Crippen molar-refractivity contribution in [2.75, 3.05) is 13.1 Å². The fourth-order valence-electron chi connectivity index (χ4n) is 2.13. The van der Waals surface area contributed by atoms with Crippen LogP contribution in [0.1, 0.15) is 38.9 Å².